The van der Waals surface area contributed by atoms with E-state index in [1.54, 1.807) is 13.8 Å². The first-order valence-corrected chi connectivity index (χ1v) is 11.5. The first-order valence-electron chi connectivity index (χ1n) is 9.71. The predicted octanol–water partition coefficient (Wildman–Crippen LogP) is 3.92. The van der Waals surface area contributed by atoms with Gasteiger partial charge in [0.25, 0.3) is 5.56 Å². The van der Waals surface area contributed by atoms with Crippen molar-refractivity contribution in [3.63, 3.8) is 0 Å². The summed E-state index contributed by atoms with van der Waals surface area (Å²) in [6.07, 6.45) is 0. The van der Waals surface area contributed by atoms with E-state index in [0.717, 1.165) is 28.7 Å². The third-order valence-corrected chi connectivity index (χ3v) is 6.51. The molecule has 0 bridgehead atoms. The molecular formula is C22H21N3O5S2. The summed E-state index contributed by atoms with van der Waals surface area (Å²) in [7, 11) is 0. The molecule has 2 N–H and O–H groups in total. The Balaban J connectivity index is 1.76. The van der Waals surface area contributed by atoms with E-state index in [0.29, 0.717) is 21.3 Å². The van der Waals surface area contributed by atoms with Crippen LogP contribution < -0.4 is 10.9 Å². The Morgan fingerprint density at radius 1 is 1.22 bits per heavy atom. The van der Waals surface area contributed by atoms with E-state index in [-0.39, 0.29) is 34.3 Å². The lowest BCUT2D eigenvalue weighted by molar-refractivity contribution is -0.113. The highest BCUT2D eigenvalue weighted by atomic mass is 32.2. The molecular weight excluding hydrogens is 450 g/mol. The number of aromatic nitrogens is 2. The number of anilines is 1. The van der Waals surface area contributed by atoms with E-state index in [1.165, 1.54) is 13.0 Å². The second-order valence-corrected chi connectivity index (χ2v) is 8.66. The molecule has 0 saturated carbocycles. The quantitative estimate of drug-likeness (QED) is 0.221. The number of thiophene rings is 1. The number of carbonyl (C=O) groups excluding carboxylic acids is 3. The highest BCUT2D eigenvalue weighted by Gasteiger charge is 2.25. The Kier molecular flexibility index (Phi) is 7.60. The smallest absolute Gasteiger partial charge is 0.341 e. The van der Waals surface area contributed by atoms with E-state index in [9.17, 15) is 19.2 Å². The summed E-state index contributed by atoms with van der Waals surface area (Å²) in [5.74, 6) is -1.27. The average Bonchev–Trinajstić information content (AvgIpc) is 3.08. The van der Waals surface area contributed by atoms with Crippen molar-refractivity contribution >= 4 is 45.8 Å². The third-order valence-electron chi connectivity index (χ3n) is 4.33. The van der Waals surface area contributed by atoms with Crippen LogP contribution in [0.5, 0.6) is 0 Å². The van der Waals surface area contributed by atoms with Gasteiger partial charge in [-0.25, -0.2) is 9.78 Å². The monoisotopic (exact) mass is 471 g/mol. The molecule has 0 aliphatic rings. The Hall–Kier alpha value is -3.24. The maximum Gasteiger partial charge on any atom is 0.341 e. The first kappa shape index (κ1) is 23.4. The number of thioether (sulfide) groups is 1. The molecule has 166 valence electrons. The van der Waals surface area contributed by atoms with Gasteiger partial charge in [0.2, 0.25) is 5.91 Å². The lowest BCUT2D eigenvalue weighted by atomic mass is 10.1. The molecule has 0 saturated heterocycles. The SMILES string of the molecule is CCOC(=O)c1c(NC(=O)CSc2nc(-c3ccccc3)cc(=O)[nH]2)sc(C(C)=O)c1C. The van der Waals surface area contributed by atoms with Crippen molar-refractivity contribution in [1.29, 1.82) is 0 Å². The fraction of sp³-hybridized carbons (Fsp3) is 0.227. The molecule has 0 aliphatic carbocycles. The predicted molar refractivity (Wildman–Crippen MR) is 125 cm³/mol. The fourth-order valence-corrected chi connectivity index (χ4v) is 4.73. The van der Waals surface area contributed by atoms with Crippen molar-refractivity contribution in [3.8, 4) is 11.3 Å². The van der Waals surface area contributed by atoms with Gasteiger partial charge in [0, 0.05) is 11.6 Å². The van der Waals surface area contributed by atoms with E-state index in [4.69, 9.17) is 4.74 Å². The van der Waals surface area contributed by atoms with Crippen molar-refractivity contribution in [2.24, 2.45) is 0 Å². The summed E-state index contributed by atoms with van der Waals surface area (Å²) in [4.78, 5) is 56.2. The van der Waals surface area contributed by atoms with Crippen molar-refractivity contribution in [1.82, 2.24) is 9.97 Å². The Morgan fingerprint density at radius 3 is 2.59 bits per heavy atom. The van der Waals surface area contributed by atoms with E-state index >= 15 is 0 Å². The minimum Gasteiger partial charge on any atom is -0.462 e. The fourth-order valence-electron chi connectivity index (χ4n) is 2.94. The van der Waals surface area contributed by atoms with Crippen LogP contribution in [-0.4, -0.2) is 40.0 Å². The number of carbonyl (C=O) groups is 3. The van der Waals surface area contributed by atoms with Gasteiger partial charge < -0.3 is 15.0 Å². The largest absolute Gasteiger partial charge is 0.462 e. The maximum atomic E-state index is 12.6. The minimum absolute atomic E-state index is 0.0597. The maximum absolute atomic E-state index is 12.6. The molecule has 0 unspecified atom stereocenters. The Labute approximate surface area is 192 Å². The highest BCUT2D eigenvalue weighted by Crippen LogP contribution is 2.34. The number of nitrogens with zero attached hydrogens (tertiary/aromatic N) is 1. The minimum atomic E-state index is -0.599. The van der Waals surface area contributed by atoms with Gasteiger partial charge in [-0.15, -0.1) is 11.3 Å². The molecule has 32 heavy (non-hydrogen) atoms. The van der Waals surface area contributed by atoms with Crippen LogP contribution in [-0.2, 0) is 9.53 Å². The van der Waals surface area contributed by atoms with Gasteiger partial charge in [0.1, 0.15) is 5.00 Å². The molecule has 1 aromatic carbocycles. The zero-order chi connectivity index (χ0) is 23.3. The highest BCUT2D eigenvalue weighted by molar-refractivity contribution is 7.99. The summed E-state index contributed by atoms with van der Waals surface area (Å²) in [5, 5.41) is 3.24. The number of H-pyrrole nitrogens is 1. The summed E-state index contributed by atoms with van der Waals surface area (Å²) in [6.45, 7) is 4.89. The second kappa shape index (κ2) is 10.4. The lowest BCUT2D eigenvalue weighted by Crippen LogP contribution is -2.17. The van der Waals surface area contributed by atoms with Crippen LogP contribution >= 0.6 is 23.1 Å². The van der Waals surface area contributed by atoms with Crippen molar-refractivity contribution in [2.45, 2.75) is 25.9 Å². The standard InChI is InChI=1S/C22H21N3O5S2/c1-4-30-21(29)18-12(2)19(13(3)26)32-20(18)24-17(28)11-31-22-23-15(10-16(27)25-22)14-8-6-5-7-9-14/h5-10H,4,11H2,1-3H3,(H,24,28)(H,23,25,27). The lowest BCUT2D eigenvalue weighted by Gasteiger charge is -2.07. The van der Waals surface area contributed by atoms with Gasteiger partial charge in [-0.1, -0.05) is 42.1 Å². The van der Waals surface area contributed by atoms with Crippen molar-refractivity contribution in [3.05, 3.63) is 62.8 Å². The number of rotatable bonds is 8. The Morgan fingerprint density at radius 2 is 1.94 bits per heavy atom. The number of nitrogens with one attached hydrogen (secondary N) is 2. The number of hydrogen-bond acceptors (Lipinski definition) is 8. The number of aromatic amines is 1. The molecule has 2 heterocycles. The van der Waals surface area contributed by atoms with Crippen LogP contribution in [0, 0.1) is 6.92 Å². The number of amides is 1. The zero-order valence-corrected chi connectivity index (χ0v) is 19.3. The summed E-state index contributed by atoms with van der Waals surface area (Å²) in [5.41, 5.74) is 1.62. The van der Waals surface area contributed by atoms with Gasteiger partial charge >= 0.3 is 5.97 Å². The summed E-state index contributed by atoms with van der Waals surface area (Å²) in [6, 6.07) is 10.6. The average molecular weight is 472 g/mol. The molecule has 3 aromatic rings. The van der Waals surface area contributed by atoms with E-state index in [2.05, 4.69) is 15.3 Å². The van der Waals surface area contributed by atoms with E-state index in [1.807, 2.05) is 30.3 Å². The molecule has 0 spiro atoms. The van der Waals surface area contributed by atoms with E-state index < -0.39 is 11.9 Å². The molecule has 0 aliphatic heterocycles. The molecule has 3 rings (SSSR count). The van der Waals surface area contributed by atoms with Crippen LogP contribution in [0.3, 0.4) is 0 Å². The van der Waals surface area contributed by atoms with Crippen LogP contribution in [0.15, 0.2) is 46.3 Å². The number of benzene rings is 1. The first-order chi connectivity index (χ1) is 15.3. The van der Waals surface area contributed by atoms with Crippen molar-refractivity contribution < 1.29 is 19.1 Å². The Bertz CT molecular complexity index is 1220. The number of hydrogen-bond donors (Lipinski definition) is 2. The molecule has 8 nitrogen and oxygen atoms in total. The number of ether oxygens (including phenoxy) is 1. The summed E-state index contributed by atoms with van der Waals surface area (Å²) >= 11 is 2.09. The normalized spacial score (nSPS) is 10.6. The van der Waals surface area contributed by atoms with Gasteiger partial charge in [0.15, 0.2) is 10.9 Å². The zero-order valence-electron chi connectivity index (χ0n) is 17.7. The molecule has 1 amide bonds. The molecule has 0 atom stereocenters. The van der Waals surface area contributed by atoms with Gasteiger partial charge in [-0.3, -0.25) is 14.4 Å². The number of esters is 1. The third kappa shape index (κ3) is 5.51. The topological polar surface area (TPSA) is 118 Å². The second-order valence-electron chi connectivity index (χ2n) is 6.68. The van der Waals surface area contributed by atoms with Crippen LogP contribution in [0.1, 0.15) is 39.4 Å². The van der Waals surface area contributed by atoms with Crippen LogP contribution in [0.4, 0.5) is 5.00 Å². The molecule has 10 heteroatoms. The molecule has 0 radical (unpaired) electrons. The van der Waals surface area contributed by atoms with Gasteiger partial charge in [-0.2, -0.15) is 0 Å². The van der Waals surface area contributed by atoms with Gasteiger partial charge in [0.05, 0.1) is 28.5 Å². The van der Waals surface area contributed by atoms with Gasteiger partial charge in [-0.05, 0) is 26.3 Å². The summed E-state index contributed by atoms with van der Waals surface area (Å²) < 4.78 is 5.07. The van der Waals surface area contributed by atoms with Crippen molar-refractivity contribution in [2.75, 3.05) is 17.7 Å². The van der Waals surface area contributed by atoms with Crippen LogP contribution in [0.2, 0.25) is 0 Å². The number of Topliss-reactive ketones (excluding diaryl/α,β-unsaturated/α-hetero) is 1. The van der Waals surface area contributed by atoms with Crippen LogP contribution in [0.25, 0.3) is 11.3 Å². The molecule has 0 fully saturated rings. The number of ketones is 1. The molecule has 2 aromatic heterocycles.